The summed E-state index contributed by atoms with van der Waals surface area (Å²) in [5, 5.41) is 11.5. The second-order valence-corrected chi connectivity index (χ2v) is 7.00. The first-order chi connectivity index (χ1) is 13.9. The van der Waals surface area contributed by atoms with Crippen molar-refractivity contribution < 1.29 is 19.2 Å². The quantitative estimate of drug-likeness (QED) is 0.522. The predicted octanol–water partition coefficient (Wildman–Crippen LogP) is 3.83. The summed E-state index contributed by atoms with van der Waals surface area (Å²) in [4.78, 5) is 27.6. The van der Waals surface area contributed by atoms with Crippen molar-refractivity contribution in [3.05, 3.63) is 57.1 Å². The molecule has 2 aromatic carbocycles. The van der Waals surface area contributed by atoms with E-state index in [4.69, 9.17) is 21.1 Å². The minimum absolute atomic E-state index is 0.0347. The zero-order valence-electron chi connectivity index (χ0n) is 16.3. The number of carbonyl (C=O) groups excluding carboxylic acids is 1. The zero-order chi connectivity index (χ0) is 21.0. The molecule has 9 heteroatoms. The number of hydrogen-bond acceptors (Lipinski definition) is 6. The van der Waals surface area contributed by atoms with Crippen LogP contribution in [0.15, 0.2) is 36.4 Å². The van der Waals surface area contributed by atoms with Crippen molar-refractivity contribution in [1.29, 1.82) is 0 Å². The van der Waals surface area contributed by atoms with E-state index in [1.165, 1.54) is 25.3 Å². The Morgan fingerprint density at radius 1 is 1.10 bits per heavy atom. The van der Waals surface area contributed by atoms with Crippen molar-refractivity contribution in [2.75, 3.05) is 39.8 Å². The predicted molar refractivity (Wildman–Crippen MR) is 109 cm³/mol. The van der Waals surface area contributed by atoms with Gasteiger partial charge < -0.3 is 19.3 Å². The monoisotopic (exact) mass is 419 g/mol. The minimum atomic E-state index is -0.568. The molecule has 2 aromatic rings. The first kappa shape index (κ1) is 20.9. The second-order valence-electron chi connectivity index (χ2n) is 6.56. The summed E-state index contributed by atoms with van der Waals surface area (Å²) >= 11 is 5.84. The maximum atomic E-state index is 12.8. The van der Waals surface area contributed by atoms with Crippen LogP contribution in [0.1, 0.15) is 17.3 Å². The minimum Gasteiger partial charge on any atom is -0.493 e. The molecule has 1 aliphatic heterocycles. The van der Waals surface area contributed by atoms with E-state index in [-0.39, 0.29) is 28.1 Å². The fraction of sp³-hybridized carbons (Fsp3) is 0.350. The summed E-state index contributed by atoms with van der Waals surface area (Å²) in [5.41, 5.74) is 0.221. The van der Waals surface area contributed by atoms with Gasteiger partial charge in [0.25, 0.3) is 5.91 Å². The van der Waals surface area contributed by atoms with Gasteiger partial charge >= 0.3 is 5.69 Å². The highest BCUT2D eigenvalue weighted by Crippen LogP contribution is 2.38. The number of ether oxygens (including phenoxy) is 2. The lowest BCUT2D eigenvalue weighted by Crippen LogP contribution is -2.48. The highest BCUT2D eigenvalue weighted by atomic mass is 35.5. The van der Waals surface area contributed by atoms with Crippen LogP contribution in [0.2, 0.25) is 5.02 Å². The van der Waals surface area contributed by atoms with Crippen LogP contribution < -0.4 is 9.47 Å². The summed E-state index contributed by atoms with van der Waals surface area (Å²) in [6, 6.07) is 8.94. The largest absolute Gasteiger partial charge is 0.493 e. The van der Waals surface area contributed by atoms with Crippen molar-refractivity contribution in [3.8, 4) is 17.2 Å². The van der Waals surface area contributed by atoms with Crippen LogP contribution in [0.5, 0.6) is 17.2 Å². The zero-order valence-corrected chi connectivity index (χ0v) is 17.0. The number of nitro groups is 1. The molecule has 154 valence electrons. The fourth-order valence-electron chi connectivity index (χ4n) is 3.17. The molecule has 0 saturated carbocycles. The highest BCUT2D eigenvalue weighted by molar-refractivity contribution is 6.30. The van der Waals surface area contributed by atoms with Gasteiger partial charge in [-0.25, -0.2) is 0 Å². The molecule has 0 unspecified atom stereocenters. The Hall–Kier alpha value is -2.84. The molecule has 0 spiro atoms. The summed E-state index contributed by atoms with van der Waals surface area (Å²) in [7, 11) is 1.45. The van der Waals surface area contributed by atoms with Crippen molar-refractivity contribution in [1.82, 2.24) is 9.80 Å². The molecule has 1 saturated heterocycles. The smallest absolute Gasteiger partial charge is 0.313 e. The molecule has 1 aliphatic rings. The average molecular weight is 420 g/mol. The SMILES string of the molecule is CCN1CCN(C(=O)c2ccc(Oc3ccc(Cl)cc3[N+](=O)[O-])c(OC)c2)CC1. The lowest BCUT2D eigenvalue weighted by atomic mass is 10.1. The maximum absolute atomic E-state index is 12.8. The van der Waals surface area contributed by atoms with E-state index < -0.39 is 4.92 Å². The Kier molecular flexibility index (Phi) is 6.56. The van der Waals surface area contributed by atoms with E-state index in [2.05, 4.69) is 11.8 Å². The van der Waals surface area contributed by atoms with Crippen LogP contribution in [0.4, 0.5) is 5.69 Å². The van der Waals surface area contributed by atoms with Crippen LogP contribution in [-0.2, 0) is 0 Å². The van der Waals surface area contributed by atoms with E-state index >= 15 is 0 Å². The van der Waals surface area contributed by atoms with Gasteiger partial charge in [0.2, 0.25) is 5.75 Å². The number of halogens is 1. The van der Waals surface area contributed by atoms with Gasteiger partial charge in [0.05, 0.1) is 12.0 Å². The number of rotatable bonds is 6. The number of likely N-dealkylation sites (N-methyl/N-ethyl adjacent to an activating group) is 1. The van der Waals surface area contributed by atoms with E-state index in [0.29, 0.717) is 24.4 Å². The molecule has 0 atom stereocenters. The molecule has 3 rings (SSSR count). The van der Waals surface area contributed by atoms with E-state index in [1.807, 2.05) is 4.90 Å². The highest BCUT2D eigenvalue weighted by Gasteiger charge is 2.23. The third-order valence-corrected chi connectivity index (χ3v) is 5.09. The molecule has 1 heterocycles. The van der Waals surface area contributed by atoms with Gasteiger partial charge in [-0.15, -0.1) is 0 Å². The Labute approximate surface area is 173 Å². The Bertz CT molecular complexity index is 913. The number of hydrogen-bond donors (Lipinski definition) is 0. The second kappa shape index (κ2) is 9.11. The van der Waals surface area contributed by atoms with E-state index in [1.54, 1.807) is 18.2 Å². The van der Waals surface area contributed by atoms with Gasteiger partial charge in [0.15, 0.2) is 11.5 Å². The molecule has 1 fully saturated rings. The molecular weight excluding hydrogens is 398 g/mol. The first-order valence-corrected chi connectivity index (χ1v) is 9.62. The topological polar surface area (TPSA) is 85.2 Å². The summed E-state index contributed by atoms with van der Waals surface area (Å²) < 4.78 is 11.1. The van der Waals surface area contributed by atoms with Crippen LogP contribution in [-0.4, -0.2) is 60.5 Å². The number of piperazine rings is 1. The Morgan fingerprint density at radius 3 is 2.41 bits per heavy atom. The number of benzene rings is 2. The molecule has 29 heavy (non-hydrogen) atoms. The average Bonchev–Trinajstić information content (AvgIpc) is 2.74. The van der Waals surface area contributed by atoms with Crippen molar-refractivity contribution in [2.24, 2.45) is 0 Å². The van der Waals surface area contributed by atoms with Crippen molar-refractivity contribution >= 4 is 23.2 Å². The lowest BCUT2D eigenvalue weighted by Gasteiger charge is -2.34. The van der Waals surface area contributed by atoms with Crippen LogP contribution >= 0.6 is 11.6 Å². The first-order valence-electron chi connectivity index (χ1n) is 9.24. The van der Waals surface area contributed by atoms with Crippen LogP contribution in [0.25, 0.3) is 0 Å². The summed E-state index contributed by atoms with van der Waals surface area (Å²) in [6.45, 7) is 6.11. The third kappa shape index (κ3) is 4.78. The molecule has 0 bridgehead atoms. The normalized spacial score (nSPS) is 14.5. The molecule has 8 nitrogen and oxygen atoms in total. The number of nitrogens with zero attached hydrogens (tertiary/aromatic N) is 3. The standard InChI is InChI=1S/C20H22ClN3O5/c1-3-22-8-10-23(11-9-22)20(25)14-4-6-18(19(12-14)28-2)29-17-7-5-15(21)13-16(17)24(26)27/h4-7,12-13H,3,8-11H2,1-2H3. The van der Waals surface area contributed by atoms with Gasteiger partial charge in [0.1, 0.15) is 0 Å². The van der Waals surface area contributed by atoms with Gasteiger partial charge in [-0.3, -0.25) is 14.9 Å². The van der Waals surface area contributed by atoms with Crippen LogP contribution in [0, 0.1) is 10.1 Å². The molecule has 0 radical (unpaired) electrons. The van der Waals surface area contributed by atoms with E-state index in [9.17, 15) is 14.9 Å². The Morgan fingerprint density at radius 2 is 1.79 bits per heavy atom. The van der Waals surface area contributed by atoms with Gasteiger partial charge in [-0.2, -0.15) is 0 Å². The third-order valence-electron chi connectivity index (χ3n) is 4.85. The maximum Gasteiger partial charge on any atom is 0.313 e. The van der Waals surface area contributed by atoms with Gasteiger partial charge in [0, 0.05) is 42.8 Å². The molecule has 0 N–H and O–H groups in total. The number of amides is 1. The molecular formula is C20H22ClN3O5. The van der Waals surface area contributed by atoms with Crippen molar-refractivity contribution in [3.63, 3.8) is 0 Å². The van der Waals surface area contributed by atoms with E-state index in [0.717, 1.165) is 19.6 Å². The Balaban J connectivity index is 1.81. The molecule has 0 aliphatic carbocycles. The fourth-order valence-corrected chi connectivity index (χ4v) is 3.34. The molecule has 1 amide bonds. The molecule has 0 aromatic heterocycles. The number of nitro benzene ring substituents is 1. The lowest BCUT2D eigenvalue weighted by molar-refractivity contribution is -0.385. The van der Waals surface area contributed by atoms with Crippen LogP contribution in [0.3, 0.4) is 0 Å². The van der Waals surface area contributed by atoms with Gasteiger partial charge in [-0.1, -0.05) is 18.5 Å². The number of carbonyl (C=O) groups is 1. The van der Waals surface area contributed by atoms with Crippen molar-refractivity contribution in [2.45, 2.75) is 6.92 Å². The summed E-state index contributed by atoms with van der Waals surface area (Å²) in [5.74, 6) is 0.535. The van der Waals surface area contributed by atoms with Gasteiger partial charge in [-0.05, 0) is 36.9 Å². The summed E-state index contributed by atoms with van der Waals surface area (Å²) in [6.07, 6.45) is 0. The number of methoxy groups -OCH3 is 1.